The fraction of sp³-hybridized carbons (Fsp3) is 0.750. The van der Waals surface area contributed by atoms with Crippen LogP contribution in [0, 0.1) is 23.7 Å². The van der Waals surface area contributed by atoms with Gasteiger partial charge in [-0.25, -0.2) is 0 Å². The number of benzene rings is 1. The summed E-state index contributed by atoms with van der Waals surface area (Å²) in [6.07, 6.45) is 1.88. The van der Waals surface area contributed by atoms with Crippen LogP contribution in [0.25, 0.3) is 0 Å². The Morgan fingerprint density at radius 3 is 2.10 bits per heavy atom. The van der Waals surface area contributed by atoms with Crippen molar-refractivity contribution in [2.45, 2.75) is 117 Å². The number of likely N-dealkylation sites (tertiary alicyclic amines) is 1. The van der Waals surface area contributed by atoms with Crippen molar-refractivity contribution in [1.29, 1.82) is 0 Å². The summed E-state index contributed by atoms with van der Waals surface area (Å²) in [6, 6.07) is 5.83. The van der Waals surface area contributed by atoms with E-state index in [1.807, 2.05) is 82.8 Å². The molecule has 4 amide bonds. The predicted molar refractivity (Wildman–Crippen MR) is 207 cm³/mol. The topological polar surface area (TPSA) is 138 Å². The minimum Gasteiger partial charge on any atom is -0.399 e. The summed E-state index contributed by atoms with van der Waals surface area (Å²) in [4.78, 5) is 62.6. The van der Waals surface area contributed by atoms with Crippen molar-refractivity contribution in [2.24, 2.45) is 23.7 Å². The maximum atomic E-state index is 14.2. The smallest absolute Gasteiger partial charge is 0.245 e. The number of hydrogen-bond donors (Lipinski definition) is 2. The fourth-order valence-electron chi connectivity index (χ4n) is 7.91. The molecule has 1 aromatic rings. The number of nitrogen functional groups attached to an aromatic ring is 1. The molecular weight excluding hydrogens is 660 g/mol. The van der Waals surface area contributed by atoms with Gasteiger partial charge in [-0.3, -0.25) is 24.1 Å². The quantitative estimate of drug-likeness (QED) is 0.193. The molecule has 1 aromatic carbocycles. The number of ether oxygens (including phenoxy) is 2. The van der Waals surface area contributed by atoms with Gasteiger partial charge in [-0.2, -0.15) is 0 Å². The second-order valence-electron chi connectivity index (χ2n) is 15.7. The first-order valence-corrected chi connectivity index (χ1v) is 19.1. The molecule has 1 saturated heterocycles. The van der Waals surface area contributed by atoms with Crippen LogP contribution in [0.5, 0.6) is 0 Å². The molecule has 8 atom stereocenters. The number of hydrogen-bond acceptors (Lipinski definition) is 8. The molecule has 52 heavy (non-hydrogen) atoms. The van der Waals surface area contributed by atoms with Crippen LogP contribution < -0.4 is 11.1 Å². The van der Waals surface area contributed by atoms with Crippen molar-refractivity contribution in [1.82, 2.24) is 24.9 Å². The lowest BCUT2D eigenvalue weighted by atomic mass is 9.89. The summed E-state index contributed by atoms with van der Waals surface area (Å²) in [7, 11) is 10.4. The zero-order valence-corrected chi connectivity index (χ0v) is 34.3. The van der Waals surface area contributed by atoms with Gasteiger partial charge >= 0.3 is 0 Å². The Morgan fingerprint density at radius 1 is 0.942 bits per heavy atom. The van der Waals surface area contributed by atoms with Gasteiger partial charge in [0.25, 0.3) is 0 Å². The summed E-state index contributed by atoms with van der Waals surface area (Å²) in [5.41, 5.74) is 7.82. The van der Waals surface area contributed by atoms with Crippen LogP contribution in [-0.4, -0.2) is 135 Å². The SMILES string of the molecule is CC[C@H](C)[C@@H]([C@@H](CC(=O)N1CCC[C@H]1[C@H](OC)[C@@H](C)C(=O)N(C)CCc1ccccc1N)OC)N(C)C(=O)[C@@H](NC(=O)[C@@H](C(C)C)N(C)C)C(C)C. The summed E-state index contributed by atoms with van der Waals surface area (Å²) >= 11 is 0. The molecule has 1 aliphatic rings. The van der Waals surface area contributed by atoms with Crippen molar-refractivity contribution >= 4 is 29.3 Å². The standard InChI is InChI=1S/C40H70N6O6/c1-14-27(6)36(45(11)40(50)34(25(2)3)42-38(48)35(26(4)5)43(8)9)32(51-12)24-33(47)46-22-17-20-31(46)37(52-13)28(7)39(49)44(10)23-21-29-18-15-16-19-30(29)41/h15-16,18-19,25-28,31-32,34-37H,14,17,20-24,41H2,1-13H3,(H,42,48)/t27-,28+,31-,32+,34-,35+,36-,37+/m0/s1. The molecule has 1 heterocycles. The van der Waals surface area contributed by atoms with Gasteiger partial charge in [0.05, 0.1) is 42.7 Å². The van der Waals surface area contributed by atoms with Gasteiger partial charge in [0, 0.05) is 47.1 Å². The summed E-state index contributed by atoms with van der Waals surface area (Å²) in [5.74, 6) is -1.14. The number of nitrogens with two attached hydrogens (primary N) is 1. The second-order valence-corrected chi connectivity index (χ2v) is 15.7. The number of likely N-dealkylation sites (N-methyl/N-ethyl adjacent to an activating group) is 3. The van der Waals surface area contributed by atoms with E-state index in [0.717, 1.165) is 24.8 Å². The van der Waals surface area contributed by atoms with E-state index in [1.54, 1.807) is 38.1 Å². The maximum Gasteiger partial charge on any atom is 0.245 e. The van der Waals surface area contributed by atoms with Crippen molar-refractivity contribution in [3.8, 4) is 0 Å². The minimum atomic E-state index is -0.744. The number of rotatable bonds is 20. The molecule has 12 nitrogen and oxygen atoms in total. The van der Waals surface area contributed by atoms with Gasteiger partial charge < -0.3 is 35.2 Å². The summed E-state index contributed by atoms with van der Waals surface area (Å²) in [6.45, 7) is 14.9. The molecule has 1 fully saturated rings. The lowest BCUT2D eigenvalue weighted by molar-refractivity contribution is -0.149. The highest BCUT2D eigenvalue weighted by molar-refractivity contribution is 5.90. The second kappa shape index (κ2) is 20.9. The Morgan fingerprint density at radius 2 is 1.58 bits per heavy atom. The monoisotopic (exact) mass is 731 g/mol. The van der Waals surface area contributed by atoms with E-state index in [4.69, 9.17) is 15.2 Å². The number of carbonyl (C=O) groups excluding carboxylic acids is 4. The van der Waals surface area contributed by atoms with Crippen LogP contribution in [0.15, 0.2) is 24.3 Å². The fourth-order valence-corrected chi connectivity index (χ4v) is 7.91. The van der Waals surface area contributed by atoms with E-state index in [1.165, 1.54) is 0 Å². The van der Waals surface area contributed by atoms with Gasteiger partial charge in [0.2, 0.25) is 23.6 Å². The average molecular weight is 731 g/mol. The molecule has 0 saturated carbocycles. The number of nitrogens with zero attached hydrogens (tertiary/aromatic N) is 4. The van der Waals surface area contributed by atoms with Crippen LogP contribution in [-0.2, 0) is 35.1 Å². The van der Waals surface area contributed by atoms with Gasteiger partial charge in [-0.15, -0.1) is 0 Å². The molecule has 0 spiro atoms. The highest BCUT2D eigenvalue weighted by Gasteiger charge is 2.43. The van der Waals surface area contributed by atoms with Crippen molar-refractivity contribution in [3.63, 3.8) is 0 Å². The molecule has 0 radical (unpaired) electrons. The van der Waals surface area contributed by atoms with E-state index < -0.39 is 30.2 Å². The van der Waals surface area contributed by atoms with Gasteiger partial charge in [-0.1, -0.05) is 73.1 Å². The molecule has 0 aromatic heterocycles. The first-order valence-electron chi connectivity index (χ1n) is 19.1. The normalized spacial score (nSPS) is 18.8. The highest BCUT2D eigenvalue weighted by Crippen LogP contribution is 2.30. The lowest BCUT2D eigenvalue weighted by Gasteiger charge is -2.41. The van der Waals surface area contributed by atoms with Crippen LogP contribution in [0.4, 0.5) is 5.69 Å². The zero-order chi connectivity index (χ0) is 39.4. The highest BCUT2D eigenvalue weighted by atomic mass is 16.5. The number of anilines is 1. The molecule has 12 heteroatoms. The summed E-state index contributed by atoms with van der Waals surface area (Å²) < 4.78 is 12.0. The van der Waals surface area contributed by atoms with Crippen LogP contribution in [0.2, 0.25) is 0 Å². The molecule has 3 N–H and O–H groups in total. The largest absolute Gasteiger partial charge is 0.399 e. The number of amides is 4. The minimum absolute atomic E-state index is 0.000849. The summed E-state index contributed by atoms with van der Waals surface area (Å²) in [5, 5.41) is 3.05. The number of methoxy groups -OCH3 is 2. The zero-order valence-electron chi connectivity index (χ0n) is 34.3. The van der Waals surface area contributed by atoms with Crippen molar-refractivity contribution in [3.05, 3.63) is 29.8 Å². The average Bonchev–Trinajstić information content (AvgIpc) is 3.58. The van der Waals surface area contributed by atoms with Crippen molar-refractivity contribution < 1.29 is 28.7 Å². The Labute approximate surface area is 314 Å². The van der Waals surface area contributed by atoms with Crippen LogP contribution >= 0.6 is 0 Å². The number of nitrogens with one attached hydrogen (secondary N) is 1. The van der Waals surface area contributed by atoms with Crippen LogP contribution in [0.1, 0.15) is 79.7 Å². The van der Waals surface area contributed by atoms with Gasteiger partial charge in [0.1, 0.15) is 6.04 Å². The third kappa shape index (κ3) is 11.4. The maximum absolute atomic E-state index is 14.2. The van der Waals surface area contributed by atoms with Gasteiger partial charge in [0.15, 0.2) is 0 Å². The predicted octanol–water partition coefficient (Wildman–Crippen LogP) is 3.92. The van der Waals surface area contributed by atoms with E-state index in [0.29, 0.717) is 25.2 Å². The molecule has 0 unspecified atom stereocenters. The molecular formula is C40H70N6O6. The van der Waals surface area contributed by atoms with Crippen molar-refractivity contribution in [2.75, 3.05) is 61.2 Å². The third-order valence-corrected chi connectivity index (χ3v) is 11.1. The van der Waals surface area contributed by atoms with E-state index >= 15 is 0 Å². The molecule has 0 aliphatic carbocycles. The van der Waals surface area contributed by atoms with Gasteiger partial charge in [-0.05, 0) is 62.7 Å². The molecule has 0 bridgehead atoms. The number of para-hydroxylation sites is 1. The third-order valence-electron chi connectivity index (χ3n) is 11.1. The first-order chi connectivity index (χ1) is 24.4. The lowest BCUT2D eigenvalue weighted by Crippen LogP contribution is -2.59. The van der Waals surface area contributed by atoms with E-state index in [-0.39, 0.29) is 59.9 Å². The molecule has 1 aliphatic heterocycles. The number of carbonyl (C=O) groups is 4. The van der Waals surface area contributed by atoms with E-state index in [9.17, 15) is 19.2 Å². The Kier molecular flexibility index (Phi) is 18.0. The Hall–Kier alpha value is -3.22. The van der Waals surface area contributed by atoms with Crippen LogP contribution in [0.3, 0.4) is 0 Å². The Bertz CT molecular complexity index is 1300. The molecule has 296 valence electrons. The molecule has 2 rings (SSSR count). The Balaban J connectivity index is 2.25. The van der Waals surface area contributed by atoms with E-state index in [2.05, 4.69) is 19.2 Å². The first kappa shape index (κ1) is 44.9.